The molecule has 1 heterocycles. The normalized spacial score (nSPS) is 19.0. The first-order valence-corrected chi connectivity index (χ1v) is 9.58. The number of aryl methyl sites for hydroxylation is 1. The van der Waals surface area contributed by atoms with E-state index in [2.05, 4.69) is 43.3 Å². The summed E-state index contributed by atoms with van der Waals surface area (Å²) in [5.41, 5.74) is 2.86. The molecule has 138 valence electrons. The first kappa shape index (κ1) is 17.0. The van der Waals surface area contributed by atoms with Gasteiger partial charge in [-0.2, -0.15) is 0 Å². The van der Waals surface area contributed by atoms with Crippen molar-refractivity contribution in [2.45, 2.75) is 19.1 Å². The Labute approximate surface area is 164 Å². The summed E-state index contributed by atoms with van der Waals surface area (Å²) in [5, 5.41) is 17.5. The van der Waals surface area contributed by atoms with Crippen LogP contribution < -0.4 is 5.06 Å². The molecule has 1 unspecified atom stereocenters. The number of rotatable bonds is 3. The molecule has 0 fully saturated rings. The van der Waals surface area contributed by atoms with Gasteiger partial charge in [0.2, 0.25) is 5.79 Å². The van der Waals surface area contributed by atoms with Crippen LogP contribution in [-0.2, 0) is 17.0 Å². The lowest BCUT2D eigenvalue weighted by atomic mass is 10.0. The first-order chi connectivity index (χ1) is 13.7. The minimum absolute atomic E-state index is 0.712. The summed E-state index contributed by atoms with van der Waals surface area (Å²) in [7, 11) is 0. The fourth-order valence-corrected chi connectivity index (χ4v) is 3.97. The molecule has 1 atom stereocenters. The average Bonchev–Trinajstić information content (AvgIpc) is 3.15. The van der Waals surface area contributed by atoms with Crippen molar-refractivity contribution >= 4 is 27.2 Å². The van der Waals surface area contributed by atoms with E-state index < -0.39 is 5.79 Å². The molecule has 0 saturated carbocycles. The molecule has 3 nitrogen and oxygen atoms in total. The number of hydrogen-bond donors (Lipinski definition) is 1. The molecule has 0 saturated heterocycles. The van der Waals surface area contributed by atoms with Crippen molar-refractivity contribution in [3.63, 3.8) is 0 Å². The molecule has 4 aromatic carbocycles. The third-order valence-electron chi connectivity index (χ3n) is 5.44. The largest absolute Gasteiger partial charge is 0.357 e. The van der Waals surface area contributed by atoms with Gasteiger partial charge < -0.3 is 5.11 Å². The van der Waals surface area contributed by atoms with Crippen LogP contribution in [-0.4, -0.2) is 5.11 Å². The molecule has 1 aliphatic rings. The Morgan fingerprint density at radius 3 is 2.39 bits per heavy atom. The van der Waals surface area contributed by atoms with Crippen molar-refractivity contribution in [3.8, 4) is 0 Å². The molecule has 5 rings (SSSR count). The molecular weight excluding hydrogens is 346 g/mol. The zero-order chi connectivity index (χ0) is 19.1. The fourth-order valence-electron chi connectivity index (χ4n) is 3.97. The van der Waals surface area contributed by atoms with E-state index >= 15 is 0 Å². The number of anilines is 1. The van der Waals surface area contributed by atoms with Gasteiger partial charge in [-0.05, 0) is 45.7 Å². The third-order valence-corrected chi connectivity index (χ3v) is 5.44. The van der Waals surface area contributed by atoms with E-state index in [1.165, 1.54) is 16.3 Å². The van der Waals surface area contributed by atoms with E-state index in [1.54, 1.807) is 17.3 Å². The predicted octanol–water partition coefficient (Wildman–Crippen LogP) is 5.67. The van der Waals surface area contributed by atoms with Gasteiger partial charge in [-0.15, -0.1) is 0 Å². The van der Waals surface area contributed by atoms with Gasteiger partial charge in [-0.1, -0.05) is 73.7 Å². The molecular formula is C25H21NO2. The van der Waals surface area contributed by atoms with Crippen LogP contribution in [0.2, 0.25) is 0 Å². The lowest BCUT2D eigenvalue weighted by Crippen LogP contribution is -2.29. The average molecular weight is 367 g/mol. The van der Waals surface area contributed by atoms with Crippen molar-refractivity contribution in [2.24, 2.45) is 0 Å². The van der Waals surface area contributed by atoms with Crippen LogP contribution in [0, 0.1) is 0 Å². The standard InChI is InChI=1S/C25H21NO2/c1-2-22-23-10-6-5-8-19(23)12-14-24(22)26-16-15-25(27,28-26)21-13-11-18-7-3-4-9-20(18)17-21/h3-17,27H,2H2,1H3. The number of benzene rings is 4. The topological polar surface area (TPSA) is 32.7 Å². The Balaban J connectivity index is 1.53. The van der Waals surface area contributed by atoms with Crippen molar-refractivity contribution in [2.75, 3.05) is 5.06 Å². The van der Waals surface area contributed by atoms with Crippen molar-refractivity contribution in [3.05, 3.63) is 102 Å². The molecule has 0 aliphatic carbocycles. The zero-order valence-electron chi connectivity index (χ0n) is 15.7. The highest BCUT2D eigenvalue weighted by Crippen LogP contribution is 2.38. The highest BCUT2D eigenvalue weighted by molar-refractivity contribution is 5.90. The SMILES string of the molecule is CCc1c(N2C=CC(O)(c3ccc4ccccc4c3)O2)ccc2ccccc12. The van der Waals surface area contributed by atoms with E-state index in [1.807, 2.05) is 42.5 Å². The molecule has 0 aromatic heterocycles. The van der Waals surface area contributed by atoms with Crippen molar-refractivity contribution in [1.82, 2.24) is 0 Å². The van der Waals surface area contributed by atoms with Gasteiger partial charge >= 0.3 is 0 Å². The fraction of sp³-hybridized carbons (Fsp3) is 0.120. The lowest BCUT2D eigenvalue weighted by Gasteiger charge is -2.26. The highest BCUT2D eigenvalue weighted by Gasteiger charge is 2.36. The van der Waals surface area contributed by atoms with Crippen LogP contribution in [0.1, 0.15) is 18.1 Å². The number of hydrogen-bond acceptors (Lipinski definition) is 3. The van der Waals surface area contributed by atoms with E-state index in [0.717, 1.165) is 22.9 Å². The Bertz CT molecular complexity index is 1210. The summed E-state index contributed by atoms with van der Waals surface area (Å²) in [6, 6.07) is 26.5. The summed E-state index contributed by atoms with van der Waals surface area (Å²) >= 11 is 0. The second kappa shape index (κ2) is 6.48. The third kappa shape index (κ3) is 2.68. The summed E-state index contributed by atoms with van der Waals surface area (Å²) < 4.78 is 0. The van der Waals surface area contributed by atoms with E-state index in [0.29, 0.717) is 5.56 Å². The van der Waals surface area contributed by atoms with Gasteiger partial charge in [0.1, 0.15) is 0 Å². The van der Waals surface area contributed by atoms with Crippen LogP contribution in [0.3, 0.4) is 0 Å². The van der Waals surface area contributed by atoms with Gasteiger partial charge in [-0.3, -0.25) is 0 Å². The second-order valence-corrected chi connectivity index (χ2v) is 7.13. The molecule has 0 bridgehead atoms. The maximum Gasteiger partial charge on any atom is 0.239 e. The van der Waals surface area contributed by atoms with Crippen LogP contribution in [0.25, 0.3) is 21.5 Å². The van der Waals surface area contributed by atoms with Crippen LogP contribution >= 0.6 is 0 Å². The van der Waals surface area contributed by atoms with E-state index in [-0.39, 0.29) is 0 Å². The van der Waals surface area contributed by atoms with E-state index in [9.17, 15) is 5.11 Å². The van der Waals surface area contributed by atoms with Gasteiger partial charge in [-0.25, -0.2) is 9.90 Å². The maximum atomic E-state index is 11.2. The molecule has 0 radical (unpaired) electrons. The molecule has 3 heteroatoms. The zero-order valence-corrected chi connectivity index (χ0v) is 15.7. The molecule has 1 aliphatic heterocycles. The highest BCUT2D eigenvalue weighted by atomic mass is 16.8. The molecule has 4 aromatic rings. The number of hydroxylamine groups is 1. The van der Waals surface area contributed by atoms with Crippen LogP contribution in [0.15, 0.2) is 91.1 Å². The van der Waals surface area contributed by atoms with E-state index in [4.69, 9.17) is 4.84 Å². The summed E-state index contributed by atoms with van der Waals surface area (Å²) in [4.78, 5) is 6.04. The minimum Gasteiger partial charge on any atom is -0.357 e. The monoisotopic (exact) mass is 367 g/mol. The van der Waals surface area contributed by atoms with Gasteiger partial charge in [0, 0.05) is 17.8 Å². The summed E-state index contributed by atoms with van der Waals surface area (Å²) in [5.74, 6) is -1.49. The quantitative estimate of drug-likeness (QED) is 0.507. The Hall–Kier alpha value is -3.14. The minimum atomic E-state index is -1.49. The molecule has 28 heavy (non-hydrogen) atoms. The Morgan fingerprint density at radius 2 is 1.57 bits per heavy atom. The lowest BCUT2D eigenvalue weighted by molar-refractivity contribution is -0.163. The van der Waals surface area contributed by atoms with Crippen LogP contribution in [0.5, 0.6) is 0 Å². The van der Waals surface area contributed by atoms with Crippen LogP contribution in [0.4, 0.5) is 5.69 Å². The molecule has 0 spiro atoms. The van der Waals surface area contributed by atoms with Crippen molar-refractivity contribution in [1.29, 1.82) is 0 Å². The Morgan fingerprint density at radius 1 is 0.857 bits per heavy atom. The smallest absolute Gasteiger partial charge is 0.239 e. The number of nitrogens with zero attached hydrogens (tertiary/aromatic N) is 1. The second-order valence-electron chi connectivity index (χ2n) is 7.13. The maximum absolute atomic E-state index is 11.2. The van der Waals surface area contributed by atoms with Crippen molar-refractivity contribution < 1.29 is 9.94 Å². The van der Waals surface area contributed by atoms with Gasteiger partial charge in [0.15, 0.2) is 0 Å². The Kier molecular flexibility index (Phi) is 3.93. The van der Waals surface area contributed by atoms with Gasteiger partial charge in [0.05, 0.1) is 5.69 Å². The summed E-state index contributed by atoms with van der Waals surface area (Å²) in [6.45, 7) is 2.14. The number of aliphatic hydroxyl groups is 1. The molecule has 1 N–H and O–H groups in total. The van der Waals surface area contributed by atoms with Gasteiger partial charge in [0.25, 0.3) is 0 Å². The predicted molar refractivity (Wildman–Crippen MR) is 114 cm³/mol. The molecule has 0 amide bonds. The first-order valence-electron chi connectivity index (χ1n) is 9.58. The number of fused-ring (bicyclic) bond motifs is 2. The summed E-state index contributed by atoms with van der Waals surface area (Å²) in [6.07, 6.45) is 4.38.